The molecule has 6 heteroatoms. The van der Waals surface area contributed by atoms with E-state index in [4.69, 9.17) is 4.74 Å². The van der Waals surface area contributed by atoms with Gasteiger partial charge in [-0.15, -0.1) is 0 Å². The lowest BCUT2D eigenvalue weighted by molar-refractivity contribution is -0.142. The smallest absolute Gasteiger partial charge is 0.303 e. The topological polar surface area (TPSA) is 41.6 Å². The first-order valence-electron chi connectivity index (χ1n) is 7.98. The van der Waals surface area contributed by atoms with Gasteiger partial charge in [0.2, 0.25) is 0 Å². The third-order valence-electron chi connectivity index (χ3n) is 4.35. The lowest BCUT2D eigenvalue weighted by atomic mass is 9.85. The second-order valence-corrected chi connectivity index (χ2v) is 7.42. The van der Waals surface area contributed by atoms with E-state index < -0.39 is 0 Å². The molecular formula is C17H24FIN2O2. The molecule has 0 aliphatic heterocycles. The van der Waals surface area contributed by atoms with Crippen LogP contribution < -0.4 is 10.2 Å². The van der Waals surface area contributed by atoms with E-state index in [9.17, 15) is 9.18 Å². The number of carbonyl (C=O) groups is 1. The van der Waals surface area contributed by atoms with Crippen molar-refractivity contribution in [2.45, 2.75) is 38.6 Å². The van der Waals surface area contributed by atoms with E-state index in [0.717, 1.165) is 35.8 Å². The van der Waals surface area contributed by atoms with Gasteiger partial charge in [-0.1, -0.05) is 0 Å². The zero-order valence-electron chi connectivity index (χ0n) is 13.6. The minimum Gasteiger partial charge on any atom is -0.450 e. The van der Waals surface area contributed by atoms with Gasteiger partial charge >= 0.3 is 5.97 Å². The third-order valence-corrected chi connectivity index (χ3v) is 5.02. The molecule has 2 rings (SSSR count). The maximum absolute atomic E-state index is 14.0. The third kappa shape index (κ3) is 5.91. The number of hydrogen-bond acceptors (Lipinski definition) is 4. The molecular weight excluding hydrogens is 410 g/mol. The van der Waals surface area contributed by atoms with Crippen LogP contribution in [0.4, 0.5) is 10.1 Å². The van der Waals surface area contributed by atoms with E-state index in [1.165, 1.54) is 6.92 Å². The number of anilines is 1. The molecule has 23 heavy (non-hydrogen) atoms. The van der Waals surface area contributed by atoms with Crippen molar-refractivity contribution in [2.24, 2.45) is 5.92 Å². The van der Waals surface area contributed by atoms with Crippen LogP contribution in [0, 0.1) is 15.3 Å². The molecule has 0 saturated heterocycles. The SMILES string of the molecule is CC(=O)OCNC1CCC(CN(C)c2ccc(I)cc2F)CC1. The summed E-state index contributed by atoms with van der Waals surface area (Å²) >= 11 is 2.12. The highest BCUT2D eigenvalue weighted by Gasteiger charge is 2.22. The van der Waals surface area contributed by atoms with Gasteiger partial charge in [0.25, 0.3) is 0 Å². The van der Waals surface area contributed by atoms with Crippen LogP contribution in [0.2, 0.25) is 0 Å². The van der Waals surface area contributed by atoms with Crippen molar-refractivity contribution in [3.05, 3.63) is 27.6 Å². The predicted molar refractivity (Wildman–Crippen MR) is 97.9 cm³/mol. The molecule has 1 aromatic carbocycles. The Balaban J connectivity index is 1.76. The van der Waals surface area contributed by atoms with Crippen LogP contribution in [0.1, 0.15) is 32.6 Å². The van der Waals surface area contributed by atoms with Crippen LogP contribution in [0.25, 0.3) is 0 Å². The standard InChI is InChI=1S/C17H24FIN2O2/c1-12(22)23-11-20-15-6-3-13(4-7-15)10-21(2)17-8-5-14(19)9-16(17)18/h5,8-9,13,15,20H,3-4,6-7,10-11H2,1-2H3. The van der Waals surface area contributed by atoms with Gasteiger partial charge in [0.1, 0.15) is 12.5 Å². The summed E-state index contributed by atoms with van der Waals surface area (Å²) in [6.45, 7) is 2.57. The summed E-state index contributed by atoms with van der Waals surface area (Å²) in [5, 5.41) is 3.26. The fourth-order valence-corrected chi connectivity index (χ4v) is 3.54. The number of nitrogens with one attached hydrogen (secondary N) is 1. The quantitative estimate of drug-likeness (QED) is 0.423. The van der Waals surface area contributed by atoms with E-state index in [-0.39, 0.29) is 11.8 Å². The minimum atomic E-state index is -0.257. The molecule has 0 unspecified atom stereocenters. The molecule has 0 amide bonds. The number of carbonyl (C=O) groups excluding carboxylic acids is 1. The summed E-state index contributed by atoms with van der Waals surface area (Å²) in [7, 11) is 1.95. The van der Waals surface area contributed by atoms with Crippen LogP contribution in [-0.2, 0) is 9.53 Å². The highest BCUT2D eigenvalue weighted by atomic mass is 127. The van der Waals surface area contributed by atoms with Crippen molar-refractivity contribution >= 4 is 34.2 Å². The molecule has 0 aromatic heterocycles. The van der Waals surface area contributed by atoms with E-state index in [1.807, 2.05) is 24.1 Å². The van der Waals surface area contributed by atoms with Gasteiger partial charge in [0, 0.05) is 30.1 Å². The fourth-order valence-electron chi connectivity index (χ4n) is 3.09. The predicted octanol–water partition coefficient (Wildman–Crippen LogP) is 3.54. The second kappa shape index (κ2) is 8.82. The average Bonchev–Trinajstić information content (AvgIpc) is 2.48. The highest BCUT2D eigenvalue weighted by molar-refractivity contribution is 14.1. The molecule has 0 atom stereocenters. The van der Waals surface area contributed by atoms with Crippen molar-refractivity contribution in [2.75, 3.05) is 25.2 Å². The molecule has 0 radical (unpaired) electrons. The van der Waals surface area contributed by atoms with Crippen LogP contribution in [0.5, 0.6) is 0 Å². The van der Waals surface area contributed by atoms with Gasteiger partial charge in [-0.25, -0.2) is 4.39 Å². The Morgan fingerprint density at radius 1 is 1.39 bits per heavy atom. The molecule has 0 heterocycles. The Labute approximate surface area is 150 Å². The molecule has 128 valence electrons. The summed E-state index contributed by atoms with van der Waals surface area (Å²) in [5.41, 5.74) is 0.667. The number of rotatable bonds is 6. The Kier molecular flexibility index (Phi) is 7.08. The zero-order chi connectivity index (χ0) is 16.8. The first kappa shape index (κ1) is 18.4. The summed E-state index contributed by atoms with van der Waals surface area (Å²) in [5.74, 6) is 0.161. The molecule has 1 aliphatic rings. The Morgan fingerprint density at radius 2 is 2.09 bits per heavy atom. The fraction of sp³-hybridized carbons (Fsp3) is 0.588. The van der Waals surface area contributed by atoms with Gasteiger partial charge in [-0.3, -0.25) is 10.1 Å². The molecule has 1 saturated carbocycles. The maximum atomic E-state index is 14.0. The Morgan fingerprint density at radius 3 is 2.70 bits per heavy atom. The molecule has 1 N–H and O–H groups in total. The number of esters is 1. The summed E-state index contributed by atoms with van der Waals surface area (Å²) in [6, 6.07) is 5.77. The van der Waals surface area contributed by atoms with E-state index >= 15 is 0 Å². The van der Waals surface area contributed by atoms with Gasteiger partial charge in [0.15, 0.2) is 0 Å². The molecule has 0 bridgehead atoms. The van der Waals surface area contributed by atoms with Crippen LogP contribution in [-0.4, -0.2) is 32.3 Å². The number of benzene rings is 1. The lowest BCUT2D eigenvalue weighted by Gasteiger charge is -2.32. The zero-order valence-corrected chi connectivity index (χ0v) is 15.8. The number of ether oxygens (including phenoxy) is 1. The van der Waals surface area contributed by atoms with Crippen molar-refractivity contribution in [1.82, 2.24) is 5.32 Å². The molecule has 0 spiro atoms. The first-order valence-corrected chi connectivity index (χ1v) is 9.06. The van der Waals surface area contributed by atoms with Gasteiger partial charge in [-0.05, 0) is 72.4 Å². The van der Waals surface area contributed by atoms with Crippen LogP contribution >= 0.6 is 22.6 Å². The summed E-state index contributed by atoms with van der Waals surface area (Å²) in [4.78, 5) is 12.8. The Hall–Kier alpha value is -0.890. The molecule has 4 nitrogen and oxygen atoms in total. The van der Waals surface area contributed by atoms with Gasteiger partial charge in [-0.2, -0.15) is 0 Å². The van der Waals surface area contributed by atoms with Crippen LogP contribution in [0.3, 0.4) is 0 Å². The number of nitrogens with zero attached hydrogens (tertiary/aromatic N) is 1. The lowest BCUT2D eigenvalue weighted by Crippen LogP contribution is -2.37. The number of halogens is 2. The van der Waals surface area contributed by atoms with Crippen LogP contribution in [0.15, 0.2) is 18.2 Å². The molecule has 1 aliphatic carbocycles. The van der Waals surface area contributed by atoms with E-state index in [0.29, 0.717) is 24.4 Å². The normalized spacial score (nSPS) is 21.0. The van der Waals surface area contributed by atoms with Crippen molar-refractivity contribution in [3.8, 4) is 0 Å². The van der Waals surface area contributed by atoms with E-state index in [1.54, 1.807) is 6.07 Å². The highest BCUT2D eigenvalue weighted by Crippen LogP contribution is 2.27. The average molecular weight is 434 g/mol. The van der Waals surface area contributed by atoms with Gasteiger partial charge in [0.05, 0.1) is 5.69 Å². The van der Waals surface area contributed by atoms with Gasteiger partial charge < -0.3 is 9.64 Å². The largest absolute Gasteiger partial charge is 0.450 e. The molecule has 1 aromatic rings. The molecule has 1 fully saturated rings. The summed E-state index contributed by atoms with van der Waals surface area (Å²) < 4.78 is 19.9. The minimum absolute atomic E-state index is 0.156. The van der Waals surface area contributed by atoms with E-state index in [2.05, 4.69) is 27.9 Å². The van der Waals surface area contributed by atoms with Crippen molar-refractivity contribution in [1.29, 1.82) is 0 Å². The maximum Gasteiger partial charge on any atom is 0.303 e. The second-order valence-electron chi connectivity index (χ2n) is 6.18. The number of hydrogen-bond donors (Lipinski definition) is 1. The first-order chi connectivity index (χ1) is 11.0. The van der Waals surface area contributed by atoms with Crippen molar-refractivity contribution in [3.63, 3.8) is 0 Å². The van der Waals surface area contributed by atoms with Crippen molar-refractivity contribution < 1.29 is 13.9 Å². The summed E-state index contributed by atoms with van der Waals surface area (Å²) in [6.07, 6.45) is 4.34. The monoisotopic (exact) mass is 434 g/mol. The Bertz CT molecular complexity index is 533.